The Morgan fingerprint density at radius 2 is 1.70 bits per heavy atom. The van der Waals surface area contributed by atoms with E-state index in [1.54, 1.807) is 0 Å². The van der Waals surface area contributed by atoms with Crippen molar-refractivity contribution in [3.05, 3.63) is 65.7 Å². The number of likely N-dealkylation sites (N-methyl/N-ethyl adjacent to an activating group) is 1. The predicted molar refractivity (Wildman–Crippen MR) is 132 cm³/mol. The molecule has 2 aromatic carbocycles. The van der Waals surface area contributed by atoms with Crippen molar-refractivity contribution >= 4 is 41.1 Å². The molecule has 5 rings (SSSR count). The Hall–Kier alpha value is -3.14. The van der Waals surface area contributed by atoms with Gasteiger partial charge >= 0.3 is 0 Å². The van der Waals surface area contributed by atoms with E-state index in [-0.39, 0.29) is 0 Å². The van der Waals surface area contributed by atoms with E-state index in [2.05, 4.69) is 37.3 Å². The van der Waals surface area contributed by atoms with E-state index in [1.807, 2.05) is 60.7 Å². The van der Waals surface area contributed by atoms with Crippen molar-refractivity contribution in [2.24, 2.45) is 0 Å². The summed E-state index contributed by atoms with van der Waals surface area (Å²) in [7, 11) is 2.12. The third-order valence-electron chi connectivity index (χ3n) is 5.33. The molecule has 0 bridgehead atoms. The maximum Gasteiger partial charge on any atom is 0.234 e. The van der Waals surface area contributed by atoms with Crippen molar-refractivity contribution in [3.8, 4) is 11.3 Å². The Kier molecular flexibility index (Phi) is 6.43. The summed E-state index contributed by atoms with van der Waals surface area (Å²) in [6.45, 7) is 3.63. The Morgan fingerprint density at radius 1 is 0.939 bits per heavy atom. The van der Waals surface area contributed by atoms with Crippen LogP contribution in [0.2, 0.25) is 5.02 Å². The minimum absolute atomic E-state index is 0.444. The first kappa shape index (κ1) is 21.7. The first-order chi connectivity index (χ1) is 16.1. The Bertz CT molecular complexity index is 1220. The molecule has 2 N–H and O–H groups in total. The molecule has 1 saturated heterocycles. The van der Waals surface area contributed by atoms with Gasteiger partial charge in [-0.05, 0) is 36.5 Å². The van der Waals surface area contributed by atoms with Gasteiger partial charge in [-0.2, -0.15) is 20.1 Å². The van der Waals surface area contributed by atoms with Crippen LogP contribution in [0.15, 0.2) is 70.7 Å². The Morgan fingerprint density at radius 3 is 2.48 bits per heavy atom. The van der Waals surface area contributed by atoms with E-state index in [9.17, 15) is 0 Å². The van der Waals surface area contributed by atoms with Crippen LogP contribution in [0.25, 0.3) is 11.3 Å². The summed E-state index contributed by atoms with van der Waals surface area (Å²) < 4.78 is 0. The molecule has 3 heterocycles. The van der Waals surface area contributed by atoms with E-state index in [1.165, 1.54) is 11.8 Å². The van der Waals surface area contributed by atoms with E-state index in [0.29, 0.717) is 27.9 Å². The fourth-order valence-corrected chi connectivity index (χ4v) is 4.51. The standard InChI is InChI=1S/C23H23ClN8S/c1-31-11-13-32(14-12-31)22-26-21(27-23(28-22)33-19-10-6-5-9-17(19)24)25-20-15-18(29-30-20)16-7-3-2-4-8-16/h2-10,15H,11-14H2,1H3,(H2,25,26,27,28,29,30). The first-order valence-corrected chi connectivity index (χ1v) is 11.8. The normalized spacial score (nSPS) is 14.4. The number of aromatic nitrogens is 5. The van der Waals surface area contributed by atoms with Crippen molar-refractivity contribution < 1.29 is 0 Å². The average Bonchev–Trinajstić information content (AvgIpc) is 3.30. The Labute approximate surface area is 201 Å². The lowest BCUT2D eigenvalue weighted by atomic mass is 10.2. The summed E-state index contributed by atoms with van der Waals surface area (Å²) in [5, 5.41) is 11.9. The molecule has 0 aliphatic carbocycles. The molecule has 4 aromatic rings. The molecule has 168 valence electrons. The van der Waals surface area contributed by atoms with Crippen molar-refractivity contribution in [2.75, 3.05) is 43.4 Å². The highest BCUT2D eigenvalue weighted by Gasteiger charge is 2.19. The highest BCUT2D eigenvalue weighted by molar-refractivity contribution is 7.99. The van der Waals surface area contributed by atoms with Crippen molar-refractivity contribution in [1.82, 2.24) is 30.0 Å². The van der Waals surface area contributed by atoms with Crippen molar-refractivity contribution in [1.29, 1.82) is 0 Å². The molecule has 8 nitrogen and oxygen atoms in total. The molecule has 0 saturated carbocycles. The van der Waals surface area contributed by atoms with Gasteiger partial charge in [-0.25, -0.2) is 0 Å². The minimum Gasteiger partial charge on any atom is -0.338 e. The molecule has 2 aromatic heterocycles. The summed E-state index contributed by atoms with van der Waals surface area (Å²) >= 11 is 7.79. The van der Waals surface area contributed by atoms with Crippen LogP contribution in [0.3, 0.4) is 0 Å². The van der Waals surface area contributed by atoms with Crippen molar-refractivity contribution in [3.63, 3.8) is 0 Å². The molecule has 1 fully saturated rings. The molecule has 1 aliphatic heterocycles. The lowest BCUT2D eigenvalue weighted by Gasteiger charge is -2.32. The van der Waals surface area contributed by atoms with Crippen LogP contribution in [0, 0.1) is 0 Å². The summed E-state index contributed by atoms with van der Waals surface area (Å²) in [4.78, 5) is 19.4. The number of rotatable bonds is 6. The molecule has 10 heteroatoms. The van der Waals surface area contributed by atoms with E-state index < -0.39 is 0 Å². The van der Waals surface area contributed by atoms with E-state index >= 15 is 0 Å². The van der Waals surface area contributed by atoms with E-state index in [0.717, 1.165) is 42.3 Å². The zero-order valence-corrected chi connectivity index (χ0v) is 19.6. The highest BCUT2D eigenvalue weighted by Crippen LogP contribution is 2.32. The van der Waals surface area contributed by atoms with Gasteiger partial charge < -0.3 is 15.1 Å². The van der Waals surface area contributed by atoms with Crippen LogP contribution in [-0.4, -0.2) is 63.3 Å². The zero-order valence-electron chi connectivity index (χ0n) is 18.1. The lowest BCUT2D eigenvalue weighted by Crippen LogP contribution is -2.45. The van der Waals surface area contributed by atoms with Gasteiger partial charge in [0.25, 0.3) is 0 Å². The topological polar surface area (TPSA) is 85.9 Å². The highest BCUT2D eigenvalue weighted by atomic mass is 35.5. The number of hydrogen-bond donors (Lipinski definition) is 2. The molecule has 1 aliphatic rings. The van der Waals surface area contributed by atoms with Gasteiger partial charge in [-0.1, -0.05) is 54.1 Å². The number of hydrogen-bond acceptors (Lipinski definition) is 8. The van der Waals surface area contributed by atoms with Crippen LogP contribution in [-0.2, 0) is 0 Å². The first-order valence-electron chi connectivity index (χ1n) is 10.6. The smallest absolute Gasteiger partial charge is 0.234 e. The summed E-state index contributed by atoms with van der Waals surface area (Å²) in [6.07, 6.45) is 0. The maximum atomic E-state index is 6.37. The number of halogens is 1. The molecule has 0 unspecified atom stereocenters. The maximum absolute atomic E-state index is 6.37. The monoisotopic (exact) mass is 478 g/mol. The number of piperazine rings is 1. The van der Waals surface area contributed by atoms with Crippen molar-refractivity contribution in [2.45, 2.75) is 10.1 Å². The molecule has 33 heavy (non-hydrogen) atoms. The lowest BCUT2D eigenvalue weighted by molar-refractivity contribution is 0.311. The molecular formula is C23H23ClN8S. The summed E-state index contributed by atoms with van der Waals surface area (Å²) in [5.41, 5.74) is 1.97. The predicted octanol–water partition coefficient (Wildman–Crippen LogP) is 4.56. The Balaban J connectivity index is 1.43. The van der Waals surface area contributed by atoms with Crippen LogP contribution < -0.4 is 10.2 Å². The number of nitrogens with one attached hydrogen (secondary N) is 2. The summed E-state index contributed by atoms with van der Waals surface area (Å²) in [5.74, 6) is 1.73. The van der Waals surface area contributed by atoms with Gasteiger partial charge in [-0.15, -0.1) is 0 Å². The largest absolute Gasteiger partial charge is 0.338 e. The van der Waals surface area contributed by atoms with Crippen LogP contribution >= 0.6 is 23.4 Å². The third-order valence-corrected chi connectivity index (χ3v) is 6.71. The van der Waals surface area contributed by atoms with Gasteiger partial charge in [0.1, 0.15) is 0 Å². The number of H-pyrrole nitrogens is 1. The fourth-order valence-electron chi connectivity index (χ4n) is 3.49. The number of anilines is 3. The molecule has 0 radical (unpaired) electrons. The fraction of sp³-hybridized carbons (Fsp3) is 0.217. The third kappa shape index (κ3) is 5.27. The molecule has 0 spiro atoms. The van der Waals surface area contributed by atoms with Gasteiger partial charge in [0.2, 0.25) is 11.9 Å². The van der Waals surface area contributed by atoms with Crippen LogP contribution in [0.5, 0.6) is 0 Å². The van der Waals surface area contributed by atoms with Gasteiger partial charge in [0.05, 0.1) is 10.7 Å². The molecule has 0 amide bonds. The quantitative estimate of drug-likeness (QED) is 0.417. The zero-order chi connectivity index (χ0) is 22.6. The molecule has 0 atom stereocenters. The second-order valence-electron chi connectivity index (χ2n) is 7.72. The van der Waals surface area contributed by atoms with Gasteiger partial charge in [0.15, 0.2) is 11.0 Å². The number of nitrogens with zero attached hydrogens (tertiary/aromatic N) is 6. The minimum atomic E-state index is 0.444. The second kappa shape index (κ2) is 9.78. The second-order valence-corrected chi connectivity index (χ2v) is 9.14. The number of benzene rings is 2. The van der Waals surface area contributed by atoms with Gasteiger partial charge in [0, 0.05) is 37.1 Å². The van der Waals surface area contributed by atoms with Crippen LogP contribution in [0.1, 0.15) is 0 Å². The average molecular weight is 479 g/mol. The van der Waals surface area contributed by atoms with Crippen LogP contribution in [0.4, 0.5) is 17.7 Å². The number of aromatic amines is 1. The van der Waals surface area contributed by atoms with Gasteiger partial charge in [-0.3, -0.25) is 5.10 Å². The SMILES string of the molecule is CN1CCN(c2nc(Nc3cc(-c4ccccc4)[nH]n3)nc(Sc3ccccc3Cl)n2)CC1. The van der Waals surface area contributed by atoms with E-state index in [4.69, 9.17) is 21.6 Å². The molecular weight excluding hydrogens is 456 g/mol. The summed E-state index contributed by atoms with van der Waals surface area (Å²) in [6, 6.07) is 19.7.